The summed E-state index contributed by atoms with van der Waals surface area (Å²) in [6, 6.07) is 8.06. The third-order valence-electron chi connectivity index (χ3n) is 5.50. The Morgan fingerprint density at radius 2 is 2.10 bits per heavy atom. The Balaban J connectivity index is 1.68. The van der Waals surface area contributed by atoms with Crippen molar-refractivity contribution in [2.45, 2.75) is 32.1 Å². The molecule has 1 fully saturated rings. The van der Waals surface area contributed by atoms with Gasteiger partial charge in [-0.05, 0) is 36.6 Å². The zero-order valence-electron chi connectivity index (χ0n) is 16.5. The minimum Gasteiger partial charge on any atom is -0.378 e. The van der Waals surface area contributed by atoms with Crippen molar-refractivity contribution in [3.63, 3.8) is 0 Å². The summed E-state index contributed by atoms with van der Waals surface area (Å²) in [5, 5.41) is 5.15. The average molecular weight is 408 g/mol. The first kappa shape index (κ1) is 18.9. The maximum Gasteiger partial charge on any atom is 0.261 e. The minimum absolute atomic E-state index is 0.0694. The summed E-state index contributed by atoms with van der Waals surface area (Å²) < 4.78 is 27.7. The lowest BCUT2D eigenvalue weighted by Gasteiger charge is -2.12. The zero-order chi connectivity index (χ0) is 20.7. The van der Waals surface area contributed by atoms with E-state index in [1.165, 1.54) is 12.1 Å². The molecule has 0 radical (unpaired) electrons. The van der Waals surface area contributed by atoms with Crippen molar-refractivity contribution in [3.8, 4) is 11.1 Å². The van der Waals surface area contributed by atoms with Gasteiger partial charge in [0, 0.05) is 26.1 Å². The molecule has 4 heterocycles. The van der Waals surface area contributed by atoms with Crippen LogP contribution in [-0.2, 0) is 22.6 Å². The van der Waals surface area contributed by atoms with Crippen LogP contribution in [-0.4, -0.2) is 39.0 Å². The Morgan fingerprint density at radius 1 is 1.27 bits per heavy atom. The smallest absolute Gasteiger partial charge is 0.261 e. The largest absolute Gasteiger partial charge is 0.378 e. The van der Waals surface area contributed by atoms with Gasteiger partial charge < -0.3 is 14.0 Å². The summed E-state index contributed by atoms with van der Waals surface area (Å²) in [5.74, 6) is -0.311. The fourth-order valence-electron chi connectivity index (χ4n) is 4.06. The van der Waals surface area contributed by atoms with Crippen molar-refractivity contribution in [2.75, 3.05) is 13.7 Å². The molecule has 1 unspecified atom stereocenters. The monoisotopic (exact) mass is 408 g/mol. The molecule has 7 nitrogen and oxygen atoms in total. The van der Waals surface area contributed by atoms with E-state index in [1.807, 2.05) is 6.07 Å². The van der Waals surface area contributed by atoms with Crippen LogP contribution in [0.25, 0.3) is 27.7 Å². The van der Waals surface area contributed by atoms with Gasteiger partial charge in [0.05, 0.1) is 41.4 Å². The van der Waals surface area contributed by atoms with E-state index < -0.39 is 0 Å². The van der Waals surface area contributed by atoms with Crippen LogP contribution in [0.1, 0.15) is 18.5 Å². The highest BCUT2D eigenvalue weighted by atomic mass is 19.1. The number of hydrogen-bond donors (Lipinski definition) is 0. The van der Waals surface area contributed by atoms with E-state index in [0.29, 0.717) is 28.8 Å². The van der Waals surface area contributed by atoms with Crippen LogP contribution in [0.2, 0.25) is 0 Å². The van der Waals surface area contributed by atoms with Gasteiger partial charge in [-0.1, -0.05) is 12.1 Å². The molecule has 0 N–H and O–H groups in total. The lowest BCUT2D eigenvalue weighted by Crippen LogP contribution is -2.26. The Bertz CT molecular complexity index is 1270. The summed E-state index contributed by atoms with van der Waals surface area (Å²) in [6.07, 6.45) is 5.42. The summed E-state index contributed by atoms with van der Waals surface area (Å²) >= 11 is 0. The van der Waals surface area contributed by atoms with Crippen molar-refractivity contribution in [1.82, 2.24) is 19.2 Å². The molecule has 5 rings (SSSR count). The van der Waals surface area contributed by atoms with E-state index in [4.69, 9.17) is 9.47 Å². The molecule has 1 aromatic carbocycles. The number of aromatic nitrogens is 4. The second kappa shape index (κ2) is 7.62. The molecule has 0 amide bonds. The molecule has 154 valence electrons. The molecule has 0 bridgehead atoms. The van der Waals surface area contributed by atoms with Crippen molar-refractivity contribution in [3.05, 3.63) is 64.6 Å². The quantitative estimate of drug-likeness (QED) is 0.507. The van der Waals surface area contributed by atoms with Gasteiger partial charge in [0.1, 0.15) is 5.82 Å². The number of methoxy groups -OCH3 is 1. The van der Waals surface area contributed by atoms with Gasteiger partial charge in [-0.25, -0.2) is 13.9 Å². The predicted octanol–water partition coefficient (Wildman–Crippen LogP) is 3.18. The normalized spacial score (nSPS) is 16.7. The summed E-state index contributed by atoms with van der Waals surface area (Å²) in [5.41, 5.74) is 3.37. The van der Waals surface area contributed by atoms with Crippen molar-refractivity contribution in [1.29, 1.82) is 0 Å². The predicted molar refractivity (Wildman–Crippen MR) is 110 cm³/mol. The first-order chi connectivity index (χ1) is 14.7. The number of ether oxygens (including phenoxy) is 2. The number of pyridine rings is 1. The fraction of sp³-hybridized carbons (Fsp3) is 0.318. The first-order valence-corrected chi connectivity index (χ1v) is 9.92. The molecular formula is C22H21FN4O3. The fourth-order valence-corrected chi connectivity index (χ4v) is 4.06. The van der Waals surface area contributed by atoms with Crippen LogP contribution < -0.4 is 5.56 Å². The molecule has 0 aliphatic carbocycles. The molecule has 0 spiro atoms. The third-order valence-corrected chi connectivity index (χ3v) is 5.50. The molecule has 0 saturated carbocycles. The highest BCUT2D eigenvalue weighted by Crippen LogP contribution is 2.29. The topological polar surface area (TPSA) is 70.7 Å². The lowest BCUT2D eigenvalue weighted by molar-refractivity contribution is 0.0963. The molecular weight excluding hydrogens is 387 g/mol. The van der Waals surface area contributed by atoms with Crippen molar-refractivity contribution in [2.24, 2.45) is 0 Å². The van der Waals surface area contributed by atoms with Crippen LogP contribution in [0.5, 0.6) is 0 Å². The highest BCUT2D eigenvalue weighted by molar-refractivity contribution is 5.86. The van der Waals surface area contributed by atoms with Gasteiger partial charge in [0.25, 0.3) is 5.56 Å². The van der Waals surface area contributed by atoms with E-state index in [9.17, 15) is 9.18 Å². The number of benzene rings is 1. The Hall–Kier alpha value is -3.10. The molecule has 1 saturated heterocycles. The van der Waals surface area contributed by atoms with E-state index in [2.05, 4.69) is 10.1 Å². The molecule has 1 aliphatic heterocycles. The third kappa shape index (κ3) is 3.18. The zero-order valence-corrected chi connectivity index (χ0v) is 16.5. The van der Waals surface area contributed by atoms with E-state index in [0.717, 1.165) is 30.6 Å². The number of rotatable bonds is 5. The highest BCUT2D eigenvalue weighted by Gasteiger charge is 2.20. The first-order valence-electron chi connectivity index (χ1n) is 9.92. The lowest BCUT2D eigenvalue weighted by atomic mass is 10.1. The number of halogens is 1. The van der Waals surface area contributed by atoms with Gasteiger partial charge in [-0.15, -0.1) is 0 Å². The van der Waals surface area contributed by atoms with Gasteiger partial charge >= 0.3 is 0 Å². The van der Waals surface area contributed by atoms with Gasteiger partial charge in [-0.2, -0.15) is 5.10 Å². The number of fused-ring (bicyclic) bond motifs is 3. The van der Waals surface area contributed by atoms with E-state index in [1.54, 1.807) is 40.7 Å². The van der Waals surface area contributed by atoms with Crippen molar-refractivity contribution >= 4 is 16.6 Å². The van der Waals surface area contributed by atoms with Crippen LogP contribution in [0.3, 0.4) is 0 Å². The standard InChI is InChI=1S/C22H21FN4O3/c1-29-13-18-20(14-4-6-15(23)7-5-14)21-24-11-17-19(27(21)25-18)8-9-26(22(17)28)12-16-3-2-10-30-16/h4-9,11,16H,2-3,10,12-13H2,1H3. The maximum atomic E-state index is 13.4. The average Bonchev–Trinajstić information content (AvgIpc) is 3.39. The molecule has 4 aromatic rings. The molecule has 8 heteroatoms. The molecule has 3 aromatic heterocycles. The van der Waals surface area contributed by atoms with Gasteiger partial charge in [-0.3, -0.25) is 4.79 Å². The van der Waals surface area contributed by atoms with Crippen LogP contribution in [0, 0.1) is 5.82 Å². The Labute approximate surface area is 171 Å². The number of nitrogens with zero attached hydrogens (tertiary/aromatic N) is 4. The van der Waals surface area contributed by atoms with Crippen LogP contribution >= 0.6 is 0 Å². The summed E-state index contributed by atoms with van der Waals surface area (Å²) in [6.45, 7) is 1.55. The van der Waals surface area contributed by atoms with Gasteiger partial charge in [0.2, 0.25) is 0 Å². The van der Waals surface area contributed by atoms with Gasteiger partial charge in [0.15, 0.2) is 5.65 Å². The maximum absolute atomic E-state index is 13.4. The Morgan fingerprint density at radius 3 is 2.83 bits per heavy atom. The minimum atomic E-state index is -0.311. The molecule has 1 atom stereocenters. The second-order valence-corrected chi connectivity index (χ2v) is 7.46. The van der Waals surface area contributed by atoms with Crippen LogP contribution in [0.4, 0.5) is 4.39 Å². The van der Waals surface area contributed by atoms with E-state index >= 15 is 0 Å². The molecule has 30 heavy (non-hydrogen) atoms. The van der Waals surface area contributed by atoms with E-state index in [-0.39, 0.29) is 24.1 Å². The SMILES string of the molecule is COCc1nn2c(ncc3c(=O)n(CC4CCCO4)ccc32)c1-c1ccc(F)cc1. The number of hydrogen-bond acceptors (Lipinski definition) is 5. The summed E-state index contributed by atoms with van der Waals surface area (Å²) in [7, 11) is 1.59. The molecule has 1 aliphatic rings. The second-order valence-electron chi connectivity index (χ2n) is 7.46. The summed E-state index contributed by atoms with van der Waals surface area (Å²) in [4.78, 5) is 17.6. The Kier molecular flexibility index (Phi) is 4.80. The van der Waals surface area contributed by atoms with Crippen molar-refractivity contribution < 1.29 is 13.9 Å². The van der Waals surface area contributed by atoms with Crippen LogP contribution in [0.15, 0.2) is 47.5 Å².